The van der Waals surface area contributed by atoms with Gasteiger partial charge in [0.05, 0.1) is 19.1 Å². The lowest BCUT2D eigenvalue weighted by molar-refractivity contribution is -0.143. The van der Waals surface area contributed by atoms with Crippen molar-refractivity contribution in [3.05, 3.63) is 0 Å². The second-order valence-electron chi connectivity index (χ2n) is 4.64. The van der Waals surface area contributed by atoms with Crippen molar-refractivity contribution in [1.29, 1.82) is 0 Å². The van der Waals surface area contributed by atoms with Crippen molar-refractivity contribution in [2.75, 3.05) is 26.8 Å². The summed E-state index contributed by atoms with van der Waals surface area (Å²) in [4.78, 5) is 22.5. The minimum atomic E-state index is -0.757. The van der Waals surface area contributed by atoms with Gasteiger partial charge in [0, 0.05) is 19.7 Å². The van der Waals surface area contributed by atoms with E-state index >= 15 is 0 Å². The van der Waals surface area contributed by atoms with Gasteiger partial charge in [0.15, 0.2) is 0 Å². The van der Waals surface area contributed by atoms with Crippen LogP contribution in [-0.2, 0) is 14.3 Å². The van der Waals surface area contributed by atoms with E-state index < -0.39 is 5.97 Å². The molecule has 0 bridgehead atoms. The molecule has 1 aliphatic rings. The molecule has 0 radical (unpaired) electrons. The molecule has 2 unspecified atom stereocenters. The highest BCUT2D eigenvalue weighted by Crippen LogP contribution is 2.24. The third-order valence-corrected chi connectivity index (χ3v) is 3.16. The van der Waals surface area contributed by atoms with Crippen molar-refractivity contribution in [2.45, 2.75) is 31.7 Å². The molecule has 6 nitrogen and oxygen atoms in total. The molecule has 1 fully saturated rings. The molecule has 3 N–H and O–H groups in total. The summed E-state index contributed by atoms with van der Waals surface area (Å²) in [6.45, 7) is 1.45. The molecule has 18 heavy (non-hydrogen) atoms. The van der Waals surface area contributed by atoms with Gasteiger partial charge in [-0.15, -0.1) is 0 Å². The van der Waals surface area contributed by atoms with Gasteiger partial charge in [0.1, 0.15) is 0 Å². The van der Waals surface area contributed by atoms with Crippen LogP contribution in [0.2, 0.25) is 0 Å². The first kappa shape index (κ1) is 14.9. The van der Waals surface area contributed by atoms with Gasteiger partial charge in [-0.3, -0.25) is 9.59 Å². The molecule has 0 aromatic heterocycles. The van der Waals surface area contributed by atoms with Gasteiger partial charge in [-0.25, -0.2) is 0 Å². The molecular weight excluding hydrogens is 236 g/mol. The first-order valence-corrected chi connectivity index (χ1v) is 6.35. The van der Waals surface area contributed by atoms with E-state index in [1.54, 1.807) is 7.11 Å². The average molecular weight is 258 g/mol. The van der Waals surface area contributed by atoms with Gasteiger partial charge >= 0.3 is 5.97 Å². The average Bonchev–Trinajstić information content (AvgIpc) is 2.35. The van der Waals surface area contributed by atoms with E-state index in [9.17, 15) is 9.59 Å². The van der Waals surface area contributed by atoms with Crippen molar-refractivity contribution in [1.82, 2.24) is 10.6 Å². The minimum absolute atomic E-state index is 0.00317. The first-order valence-electron chi connectivity index (χ1n) is 6.35. The molecule has 0 aromatic carbocycles. The highest BCUT2D eigenvalue weighted by Gasteiger charge is 2.27. The fourth-order valence-corrected chi connectivity index (χ4v) is 2.20. The first-order chi connectivity index (χ1) is 8.63. The Labute approximate surface area is 107 Å². The molecule has 6 heteroatoms. The van der Waals surface area contributed by atoms with E-state index in [0.29, 0.717) is 26.0 Å². The number of amides is 1. The van der Waals surface area contributed by atoms with Crippen LogP contribution >= 0.6 is 0 Å². The number of carbonyl (C=O) groups is 2. The number of carboxylic acid groups (broad SMARTS) is 1. The van der Waals surface area contributed by atoms with E-state index in [2.05, 4.69) is 10.6 Å². The number of ether oxygens (including phenoxy) is 1. The van der Waals surface area contributed by atoms with Crippen LogP contribution < -0.4 is 10.6 Å². The third kappa shape index (κ3) is 5.46. The lowest BCUT2D eigenvalue weighted by atomic mass is 9.86. The standard InChI is InChI=1S/C12H22N2O4/c1-18-6-5-13-8-11(15)14-10-4-2-3-9(7-10)12(16)17/h9-10,13H,2-8H2,1H3,(H,14,15)(H,16,17). The third-order valence-electron chi connectivity index (χ3n) is 3.16. The van der Waals surface area contributed by atoms with Gasteiger partial charge in [-0.2, -0.15) is 0 Å². The zero-order valence-corrected chi connectivity index (χ0v) is 10.8. The Morgan fingerprint density at radius 1 is 1.39 bits per heavy atom. The molecule has 1 aliphatic carbocycles. The normalized spacial score (nSPS) is 23.6. The van der Waals surface area contributed by atoms with Crippen molar-refractivity contribution in [3.63, 3.8) is 0 Å². The predicted molar refractivity (Wildman–Crippen MR) is 66.3 cm³/mol. The molecule has 2 atom stereocenters. The zero-order valence-electron chi connectivity index (χ0n) is 10.8. The molecule has 104 valence electrons. The molecule has 0 aromatic rings. The maximum absolute atomic E-state index is 11.6. The largest absolute Gasteiger partial charge is 0.481 e. The van der Waals surface area contributed by atoms with E-state index in [-0.39, 0.29) is 24.4 Å². The van der Waals surface area contributed by atoms with Gasteiger partial charge < -0.3 is 20.5 Å². The van der Waals surface area contributed by atoms with Crippen LogP contribution in [0.1, 0.15) is 25.7 Å². The Hall–Kier alpha value is -1.14. The summed E-state index contributed by atoms with van der Waals surface area (Å²) in [7, 11) is 1.61. The van der Waals surface area contributed by atoms with Crippen LogP contribution in [0.25, 0.3) is 0 Å². The summed E-state index contributed by atoms with van der Waals surface area (Å²) < 4.78 is 4.85. The number of hydrogen-bond donors (Lipinski definition) is 3. The summed E-state index contributed by atoms with van der Waals surface area (Å²) in [5.74, 6) is -1.15. The minimum Gasteiger partial charge on any atom is -0.481 e. The quantitative estimate of drug-likeness (QED) is 0.559. The SMILES string of the molecule is COCCNCC(=O)NC1CCCC(C(=O)O)C1. The topological polar surface area (TPSA) is 87.7 Å². The van der Waals surface area contributed by atoms with Crippen molar-refractivity contribution in [3.8, 4) is 0 Å². The lowest BCUT2D eigenvalue weighted by Gasteiger charge is -2.27. The zero-order chi connectivity index (χ0) is 13.4. The maximum Gasteiger partial charge on any atom is 0.306 e. The van der Waals surface area contributed by atoms with Crippen LogP contribution in [0.15, 0.2) is 0 Å². The molecule has 0 saturated heterocycles. The smallest absolute Gasteiger partial charge is 0.306 e. The molecule has 0 aliphatic heterocycles. The van der Waals surface area contributed by atoms with Crippen molar-refractivity contribution in [2.24, 2.45) is 5.92 Å². The fraction of sp³-hybridized carbons (Fsp3) is 0.833. The van der Waals surface area contributed by atoms with Crippen LogP contribution in [0.4, 0.5) is 0 Å². The van der Waals surface area contributed by atoms with E-state index in [0.717, 1.165) is 12.8 Å². The number of carbonyl (C=O) groups excluding carboxylic acids is 1. The lowest BCUT2D eigenvalue weighted by Crippen LogP contribution is -2.43. The number of rotatable bonds is 7. The second kappa shape index (κ2) is 8.05. The van der Waals surface area contributed by atoms with E-state index in [1.165, 1.54) is 0 Å². The summed E-state index contributed by atoms with van der Waals surface area (Å²) >= 11 is 0. The Morgan fingerprint density at radius 3 is 2.83 bits per heavy atom. The Balaban J connectivity index is 2.20. The van der Waals surface area contributed by atoms with Crippen LogP contribution in [-0.4, -0.2) is 49.8 Å². The van der Waals surface area contributed by atoms with Crippen molar-refractivity contribution >= 4 is 11.9 Å². The number of nitrogens with one attached hydrogen (secondary N) is 2. The monoisotopic (exact) mass is 258 g/mol. The number of aliphatic carboxylic acids is 1. The van der Waals surface area contributed by atoms with Crippen LogP contribution in [0.5, 0.6) is 0 Å². The highest BCUT2D eigenvalue weighted by atomic mass is 16.5. The summed E-state index contributed by atoms with van der Waals surface area (Å²) in [5.41, 5.74) is 0. The molecule has 0 heterocycles. The summed E-state index contributed by atoms with van der Waals surface area (Å²) in [5, 5.41) is 14.8. The maximum atomic E-state index is 11.6. The Bertz CT molecular complexity index is 283. The molecular formula is C12H22N2O4. The molecule has 1 saturated carbocycles. The van der Waals surface area contributed by atoms with Gasteiger partial charge in [0.2, 0.25) is 5.91 Å². The Kier molecular flexibility index (Phi) is 6.67. The predicted octanol–water partition coefficient (Wildman–Crippen LogP) is -0.0180. The van der Waals surface area contributed by atoms with Gasteiger partial charge in [-0.05, 0) is 19.3 Å². The van der Waals surface area contributed by atoms with Crippen LogP contribution in [0, 0.1) is 5.92 Å². The number of methoxy groups -OCH3 is 1. The molecule has 0 spiro atoms. The summed E-state index contributed by atoms with van der Waals surface area (Å²) in [6.07, 6.45) is 2.99. The van der Waals surface area contributed by atoms with Gasteiger partial charge in [0.25, 0.3) is 0 Å². The number of hydrogen-bond acceptors (Lipinski definition) is 4. The molecule has 1 rings (SSSR count). The van der Waals surface area contributed by atoms with Crippen molar-refractivity contribution < 1.29 is 19.4 Å². The van der Waals surface area contributed by atoms with Crippen LogP contribution in [0.3, 0.4) is 0 Å². The van der Waals surface area contributed by atoms with E-state index in [1.807, 2.05) is 0 Å². The molecule has 1 amide bonds. The highest BCUT2D eigenvalue weighted by molar-refractivity contribution is 5.78. The summed E-state index contributed by atoms with van der Waals surface area (Å²) in [6, 6.07) is -0.00317. The number of carboxylic acids is 1. The Morgan fingerprint density at radius 2 is 2.17 bits per heavy atom. The fourth-order valence-electron chi connectivity index (χ4n) is 2.20. The van der Waals surface area contributed by atoms with E-state index in [4.69, 9.17) is 9.84 Å². The van der Waals surface area contributed by atoms with Gasteiger partial charge in [-0.1, -0.05) is 6.42 Å². The second-order valence-corrected chi connectivity index (χ2v) is 4.64.